The van der Waals surface area contributed by atoms with Gasteiger partial charge in [0.05, 0.1) is 17.5 Å². The normalized spacial score (nSPS) is 11.8. The largest absolute Gasteiger partial charge is 0.344 e. The van der Waals surface area contributed by atoms with Crippen molar-refractivity contribution >= 4 is 11.9 Å². The van der Waals surface area contributed by atoms with Crippen molar-refractivity contribution in [3.8, 4) is 0 Å². The topological polar surface area (TPSA) is 44.2 Å². The van der Waals surface area contributed by atoms with E-state index in [4.69, 9.17) is 16.2 Å². The average molecular weight is 406 g/mol. The molecule has 0 bridgehead atoms. The fourth-order valence-corrected chi connectivity index (χ4v) is 4.32. The maximum atomic E-state index is 6.01. The van der Waals surface area contributed by atoms with Gasteiger partial charge in [0.15, 0.2) is 0 Å². The molecule has 0 aliphatic heterocycles. The molecule has 0 spiro atoms. The van der Waals surface area contributed by atoms with Crippen LogP contribution in [0.3, 0.4) is 0 Å². The summed E-state index contributed by atoms with van der Waals surface area (Å²) in [6, 6.07) is 0. The molecular weight excluding hydrogens is 354 g/mol. The number of hydrogen-bond acceptors (Lipinski definition) is 2. The lowest BCUT2D eigenvalue weighted by molar-refractivity contribution is 0.00917. The minimum absolute atomic E-state index is 0. The molecule has 0 atom stereocenters. The molecule has 0 aromatic rings. The fourth-order valence-electron chi connectivity index (χ4n) is 3.98. The highest BCUT2D eigenvalue weighted by molar-refractivity contribution is 6.07. The van der Waals surface area contributed by atoms with Gasteiger partial charge in [0, 0.05) is 0 Å². The zero-order chi connectivity index (χ0) is 19.5. The summed E-state index contributed by atoms with van der Waals surface area (Å²) in [6.45, 7) is 9.12. The zero-order valence-corrected chi connectivity index (χ0v) is 20.1. The Labute approximate surface area is 177 Å². The third kappa shape index (κ3) is 15.8. The van der Waals surface area contributed by atoms with Crippen LogP contribution in [0.5, 0.6) is 0 Å². The van der Waals surface area contributed by atoms with Crippen molar-refractivity contribution in [3.63, 3.8) is 0 Å². The Morgan fingerprint density at radius 1 is 0.593 bits per heavy atom. The van der Waals surface area contributed by atoms with Crippen LogP contribution in [0.25, 0.3) is 0 Å². The maximum Gasteiger partial charge on any atom is 0.0920 e. The molecule has 0 unspecified atom stereocenters. The van der Waals surface area contributed by atoms with Gasteiger partial charge in [-0.3, -0.25) is 4.29 Å². The highest BCUT2D eigenvalue weighted by Gasteiger charge is 2.34. The summed E-state index contributed by atoms with van der Waals surface area (Å²) in [7, 11) is 0. The van der Waals surface area contributed by atoms with E-state index < -0.39 is 0 Å². The van der Waals surface area contributed by atoms with Crippen molar-refractivity contribution in [2.24, 2.45) is 5.92 Å². The third-order valence-electron chi connectivity index (χ3n) is 6.11. The molecule has 0 aromatic carbocycles. The van der Waals surface area contributed by atoms with Crippen LogP contribution in [0.1, 0.15) is 143 Å². The predicted molar refractivity (Wildman–Crippen MR) is 124 cm³/mol. The zero-order valence-electron chi connectivity index (χ0n) is 19.3. The first kappa shape index (κ1) is 29.4. The van der Waals surface area contributed by atoms with Gasteiger partial charge in [-0.2, -0.15) is 0 Å². The first-order valence-corrected chi connectivity index (χ1v) is 12.2. The second-order valence-corrected chi connectivity index (χ2v) is 8.90. The molecule has 0 saturated carbocycles. The van der Waals surface area contributed by atoms with E-state index >= 15 is 0 Å². The van der Waals surface area contributed by atoms with Crippen LogP contribution in [0, 0.1) is 5.92 Å². The molecule has 3 heteroatoms. The molecule has 0 aromatic heterocycles. The molecule has 27 heavy (non-hydrogen) atoms. The van der Waals surface area contributed by atoms with Gasteiger partial charge >= 0.3 is 0 Å². The van der Waals surface area contributed by atoms with Gasteiger partial charge in [-0.25, -0.2) is 0 Å². The summed E-state index contributed by atoms with van der Waals surface area (Å²) in [5.74, 6) is 0.495. The van der Waals surface area contributed by atoms with E-state index in [2.05, 4.69) is 27.7 Å². The minimum Gasteiger partial charge on any atom is -0.344 e. The molecule has 166 valence electrons. The van der Waals surface area contributed by atoms with E-state index in [1.165, 1.54) is 103 Å². The number of unbranched alkanes of at least 4 members (excludes halogenated alkanes) is 14. The quantitative estimate of drug-likeness (QED) is 0.205. The predicted octanol–water partition coefficient (Wildman–Crippen LogP) is 9.78. The van der Waals surface area contributed by atoms with E-state index in [1.807, 2.05) is 0 Å². The molecule has 0 heterocycles. The van der Waals surface area contributed by atoms with E-state index in [-0.39, 0.29) is 11.8 Å². The lowest BCUT2D eigenvalue weighted by Crippen LogP contribution is -2.36. The van der Waals surface area contributed by atoms with Crippen molar-refractivity contribution < 1.29 is 4.29 Å². The van der Waals surface area contributed by atoms with Crippen molar-refractivity contribution in [1.82, 2.24) is 6.15 Å². The lowest BCUT2D eigenvalue weighted by atomic mass is 9.81. The third-order valence-corrected chi connectivity index (χ3v) is 6.42. The monoisotopic (exact) mass is 405 g/mol. The van der Waals surface area contributed by atoms with Gasteiger partial charge in [-0.05, 0) is 18.8 Å². The highest BCUT2D eigenvalue weighted by Crippen LogP contribution is 2.35. The van der Waals surface area contributed by atoms with Crippen molar-refractivity contribution in [2.75, 3.05) is 0 Å². The maximum absolute atomic E-state index is 6.01. The molecule has 0 fully saturated rings. The van der Waals surface area contributed by atoms with Gasteiger partial charge in [0.1, 0.15) is 0 Å². The van der Waals surface area contributed by atoms with Gasteiger partial charge < -0.3 is 6.15 Å². The lowest BCUT2D eigenvalue weighted by Gasteiger charge is -2.35. The minimum atomic E-state index is -0.105. The Bertz CT molecular complexity index is 264. The summed E-state index contributed by atoms with van der Waals surface area (Å²) >= 11 is 6.01. The van der Waals surface area contributed by atoms with Crippen LogP contribution < -0.4 is 6.15 Å². The smallest absolute Gasteiger partial charge is 0.0920 e. The van der Waals surface area contributed by atoms with Crippen molar-refractivity contribution in [3.05, 3.63) is 0 Å². The molecule has 0 amide bonds. The summed E-state index contributed by atoms with van der Waals surface area (Å²) in [6.07, 6.45) is 24.1. The van der Waals surface area contributed by atoms with Gasteiger partial charge in [-0.1, -0.05) is 130 Å². The Balaban J connectivity index is 0. The summed E-state index contributed by atoms with van der Waals surface area (Å²) in [5.41, 5.74) is -0.105. The Kier molecular flexibility index (Phi) is 22.8. The van der Waals surface area contributed by atoms with Crippen molar-refractivity contribution in [2.45, 2.75) is 149 Å². The molecule has 0 aliphatic rings. The van der Waals surface area contributed by atoms with Crippen LogP contribution in [0.15, 0.2) is 0 Å². The van der Waals surface area contributed by atoms with E-state index in [0.717, 1.165) is 12.8 Å². The molecule has 0 rings (SSSR count). The fraction of sp³-hybridized carbons (Fsp3) is 1.00. The number of hydrogen-bond donors (Lipinski definition) is 1. The molecular formula is C24H52ClNO. The van der Waals surface area contributed by atoms with E-state index in [9.17, 15) is 0 Å². The SMILES string of the molecule is CCCCCCCCCCC(CCCCCCCCCC)(OCl)C(C)C.N. The van der Waals surface area contributed by atoms with Gasteiger partial charge in [0.25, 0.3) is 0 Å². The molecule has 0 saturated heterocycles. The highest BCUT2D eigenvalue weighted by atomic mass is 35.5. The Morgan fingerprint density at radius 2 is 0.889 bits per heavy atom. The van der Waals surface area contributed by atoms with E-state index in [0.29, 0.717) is 5.92 Å². The second-order valence-electron chi connectivity index (χ2n) is 8.75. The summed E-state index contributed by atoms with van der Waals surface area (Å²) in [5, 5.41) is 0. The molecule has 2 nitrogen and oxygen atoms in total. The van der Waals surface area contributed by atoms with Crippen LogP contribution in [-0.4, -0.2) is 5.60 Å². The average Bonchev–Trinajstić information content (AvgIpc) is 2.64. The molecule has 3 N–H and O–H groups in total. The van der Waals surface area contributed by atoms with Crippen LogP contribution in [0.2, 0.25) is 0 Å². The molecule has 0 radical (unpaired) electrons. The van der Waals surface area contributed by atoms with Crippen molar-refractivity contribution in [1.29, 1.82) is 0 Å². The van der Waals surface area contributed by atoms with Crippen LogP contribution >= 0.6 is 11.9 Å². The van der Waals surface area contributed by atoms with E-state index in [1.54, 1.807) is 0 Å². The number of rotatable bonds is 20. The standard InChI is InChI=1S/C24H49ClO.H3N/c1-5-7-9-11-13-15-17-19-21-24(26-25,23(3)4)22-20-18-16-14-12-10-8-6-2;/h23H,5-22H2,1-4H3;1H3. The summed E-state index contributed by atoms with van der Waals surface area (Å²) < 4.78 is 5.59. The first-order chi connectivity index (χ1) is 12.6. The Hall–Kier alpha value is 0.210. The second kappa shape index (κ2) is 20.9. The Morgan fingerprint density at radius 3 is 1.15 bits per heavy atom. The molecule has 0 aliphatic carbocycles. The van der Waals surface area contributed by atoms with Crippen LogP contribution in [0.4, 0.5) is 0 Å². The van der Waals surface area contributed by atoms with Crippen LogP contribution in [-0.2, 0) is 4.29 Å². The first-order valence-electron chi connectivity index (χ1n) is 11.9. The summed E-state index contributed by atoms with van der Waals surface area (Å²) in [4.78, 5) is 0. The van der Waals surface area contributed by atoms with Gasteiger partial charge in [0.2, 0.25) is 0 Å². The van der Waals surface area contributed by atoms with Gasteiger partial charge in [-0.15, -0.1) is 0 Å². The number of halogens is 1.